The van der Waals surface area contributed by atoms with Gasteiger partial charge in [0.05, 0.1) is 17.1 Å². The molecule has 3 heterocycles. The summed E-state index contributed by atoms with van der Waals surface area (Å²) in [4.78, 5) is 32.2. The van der Waals surface area contributed by atoms with Crippen molar-refractivity contribution < 1.29 is 13.2 Å². The Bertz CT molecular complexity index is 2080. The van der Waals surface area contributed by atoms with E-state index >= 15 is 0 Å². The first-order chi connectivity index (χ1) is 19.7. The van der Waals surface area contributed by atoms with Gasteiger partial charge < -0.3 is 5.32 Å². The Morgan fingerprint density at radius 3 is 2.61 bits per heavy atom. The van der Waals surface area contributed by atoms with Gasteiger partial charge in [-0.3, -0.25) is 18.9 Å². The van der Waals surface area contributed by atoms with Gasteiger partial charge in [-0.15, -0.1) is 11.5 Å². The van der Waals surface area contributed by atoms with Gasteiger partial charge in [0.2, 0.25) is 0 Å². The Morgan fingerprint density at radius 1 is 1.10 bits per heavy atom. The van der Waals surface area contributed by atoms with Gasteiger partial charge in [-0.25, -0.2) is 14.2 Å². The van der Waals surface area contributed by atoms with Crippen molar-refractivity contribution in [1.82, 2.24) is 29.2 Å². The van der Waals surface area contributed by atoms with Gasteiger partial charge in [0.25, 0.3) is 21.7 Å². The number of anilines is 1. The number of carbonyl (C=O) groups excluding carboxylic acids is 1. The molecule has 2 aromatic carbocycles. The molecule has 1 aliphatic rings. The third-order valence-electron chi connectivity index (χ3n) is 7.25. The normalized spacial score (nSPS) is 13.3. The zero-order valence-electron chi connectivity index (χ0n) is 22.2. The number of para-hydroxylation sites is 1. The number of terminal acetylenes is 1. The zero-order chi connectivity index (χ0) is 28.9. The Hall–Kier alpha value is -4.99. The fraction of sp³-hybridized carbons (Fsp3) is 0.172. The lowest BCUT2D eigenvalue weighted by Gasteiger charge is -2.24. The number of fused-ring (bicyclic) bond motifs is 1. The minimum atomic E-state index is -3.99. The van der Waals surface area contributed by atoms with Crippen molar-refractivity contribution in [2.75, 3.05) is 11.8 Å². The molecule has 3 aromatic heterocycles. The molecule has 0 aliphatic heterocycles. The first-order valence-corrected chi connectivity index (χ1v) is 14.3. The quantitative estimate of drug-likeness (QED) is 0.258. The van der Waals surface area contributed by atoms with Crippen LogP contribution in [-0.2, 0) is 23.1 Å². The number of hydrogen-bond acceptors (Lipinski definition) is 6. The van der Waals surface area contributed by atoms with Crippen molar-refractivity contribution in [2.45, 2.75) is 25.8 Å². The Labute approximate surface area is 235 Å². The number of aromatic nitrogens is 4. The third kappa shape index (κ3) is 4.32. The van der Waals surface area contributed by atoms with Crippen molar-refractivity contribution in [2.24, 2.45) is 0 Å². The summed E-state index contributed by atoms with van der Waals surface area (Å²) < 4.78 is 32.0. The van der Waals surface area contributed by atoms with Crippen LogP contribution in [0.25, 0.3) is 22.1 Å². The van der Waals surface area contributed by atoms with Crippen LogP contribution in [0.2, 0.25) is 0 Å². The maximum Gasteiger partial charge on any atom is 0.300 e. The van der Waals surface area contributed by atoms with Gasteiger partial charge in [-0.2, -0.15) is 8.42 Å². The van der Waals surface area contributed by atoms with E-state index in [4.69, 9.17) is 6.42 Å². The van der Waals surface area contributed by atoms with Crippen LogP contribution in [0, 0.1) is 12.3 Å². The SMILES string of the molecule is C#Cc1ccc2c3c(c([C@H](C)NC(=O)c4c(NS(=O)(=O)NC)nn5cccnc45)n(-c4ccccc4)c(=O)c13)CC2. The summed E-state index contributed by atoms with van der Waals surface area (Å²) in [5.74, 6) is 1.85. The van der Waals surface area contributed by atoms with E-state index in [1.165, 1.54) is 17.8 Å². The summed E-state index contributed by atoms with van der Waals surface area (Å²) in [7, 11) is -2.75. The molecule has 6 rings (SSSR count). The Kier molecular flexibility index (Phi) is 6.33. The number of pyridine rings is 1. The minimum Gasteiger partial charge on any atom is -0.344 e. The number of hydrogen-bond donors (Lipinski definition) is 3. The summed E-state index contributed by atoms with van der Waals surface area (Å²) in [6, 6.07) is 13.9. The lowest BCUT2D eigenvalue weighted by atomic mass is 9.97. The highest BCUT2D eigenvalue weighted by Crippen LogP contribution is 2.36. The van der Waals surface area contributed by atoms with Gasteiger partial charge >= 0.3 is 0 Å². The van der Waals surface area contributed by atoms with Crippen LogP contribution in [0.4, 0.5) is 5.82 Å². The van der Waals surface area contributed by atoms with E-state index in [1.54, 1.807) is 29.8 Å². The van der Waals surface area contributed by atoms with E-state index in [0.29, 0.717) is 28.8 Å². The molecule has 206 valence electrons. The average molecular weight is 568 g/mol. The maximum atomic E-state index is 14.1. The number of nitrogens with zero attached hydrogens (tertiary/aromatic N) is 4. The van der Waals surface area contributed by atoms with Gasteiger partial charge in [-0.05, 0) is 60.5 Å². The summed E-state index contributed by atoms with van der Waals surface area (Å²) >= 11 is 0. The van der Waals surface area contributed by atoms with Crippen LogP contribution in [-0.4, -0.2) is 40.5 Å². The second kappa shape index (κ2) is 9.88. The van der Waals surface area contributed by atoms with E-state index in [1.807, 2.05) is 36.4 Å². The van der Waals surface area contributed by atoms with Gasteiger partial charge in [0, 0.05) is 30.7 Å². The van der Waals surface area contributed by atoms with Crippen molar-refractivity contribution >= 4 is 38.4 Å². The molecule has 0 saturated heterocycles. The van der Waals surface area contributed by atoms with Crippen molar-refractivity contribution in [1.29, 1.82) is 0 Å². The van der Waals surface area contributed by atoms with Gasteiger partial charge in [0.1, 0.15) is 5.56 Å². The topological polar surface area (TPSA) is 139 Å². The van der Waals surface area contributed by atoms with Gasteiger partial charge in [-0.1, -0.05) is 30.2 Å². The lowest BCUT2D eigenvalue weighted by Crippen LogP contribution is -2.34. The van der Waals surface area contributed by atoms with Crippen molar-refractivity contribution in [3.63, 3.8) is 0 Å². The molecule has 11 nitrogen and oxygen atoms in total. The Balaban J connectivity index is 1.53. The molecule has 0 saturated carbocycles. The maximum absolute atomic E-state index is 14.1. The molecule has 41 heavy (non-hydrogen) atoms. The fourth-order valence-electron chi connectivity index (χ4n) is 5.51. The number of nitrogens with one attached hydrogen (secondary N) is 3. The molecule has 0 bridgehead atoms. The number of carbonyl (C=O) groups is 1. The average Bonchev–Trinajstić information content (AvgIpc) is 3.56. The third-order valence-corrected chi connectivity index (χ3v) is 8.25. The molecule has 3 N–H and O–H groups in total. The standard InChI is InChI=1S/C29H25N7O4S/c1-4-18-11-12-19-13-14-21-22(19)23(18)29(38)36(20-9-6-5-7-10-20)25(21)17(2)32-28(37)24-26(34-41(39,40)30-3)33-35-16-8-15-31-27(24)35/h1,5-12,15-17,30H,13-14H2,2-3H3,(H,32,37)(H,33,34)/t17-/m0/s1. The summed E-state index contributed by atoms with van der Waals surface area (Å²) in [5.41, 5.74) is 3.56. The highest BCUT2D eigenvalue weighted by atomic mass is 32.2. The molecule has 12 heteroatoms. The first-order valence-electron chi connectivity index (χ1n) is 12.8. The highest BCUT2D eigenvalue weighted by molar-refractivity contribution is 7.90. The Morgan fingerprint density at radius 2 is 1.88 bits per heavy atom. The lowest BCUT2D eigenvalue weighted by molar-refractivity contribution is 0.0941. The molecule has 5 aromatic rings. The highest BCUT2D eigenvalue weighted by Gasteiger charge is 2.30. The molecular weight excluding hydrogens is 542 g/mol. The monoisotopic (exact) mass is 567 g/mol. The smallest absolute Gasteiger partial charge is 0.300 e. The molecule has 1 atom stereocenters. The second-order valence-corrected chi connectivity index (χ2v) is 11.2. The number of aryl methyl sites for hydroxylation is 2. The number of amides is 1. The summed E-state index contributed by atoms with van der Waals surface area (Å²) in [6.07, 6.45) is 10.2. The molecule has 0 fully saturated rings. The van der Waals surface area contributed by atoms with Crippen LogP contribution in [0.1, 0.15) is 45.7 Å². The van der Waals surface area contributed by atoms with E-state index in [9.17, 15) is 18.0 Å². The van der Waals surface area contributed by atoms with Gasteiger partial charge in [0.15, 0.2) is 11.5 Å². The first kappa shape index (κ1) is 26.2. The van der Waals surface area contributed by atoms with Crippen LogP contribution in [0.15, 0.2) is 65.7 Å². The predicted octanol–water partition coefficient (Wildman–Crippen LogP) is 2.48. The van der Waals surface area contributed by atoms with E-state index in [-0.39, 0.29) is 22.6 Å². The predicted molar refractivity (Wildman–Crippen MR) is 155 cm³/mol. The van der Waals surface area contributed by atoms with E-state index in [0.717, 1.165) is 22.9 Å². The van der Waals surface area contributed by atoms with Crippen LogP contribution in [0.3, 0.4) is 0 Å². The molecule has 1 aliphatic carbocycles. The number of benzene rings is 2. The van der Waals surface area contributed by atoms with Crippen LogP contribution < -0.4 is 20.3 Å². The summed E-state index contributed by atoms with van der Waals surface area (Å²) in [6.45, 7) is 1.79. The van der Waals surface area contributed by atoms with Crippen molar-refractivity contribution in [3.05, 3.63) is 99.2 Å². The molecule has 1 amide bonds. The largest absolute Gasteiger partial charge is 0.344 e. The van der Waals surface area contributed by atoms with E-state index in [2.05, 4.69) is 30.8 Å². The minimum absolute atomic E-state index is 0.0580. The second-order valence-electron chi connectivity index (χ2n) is 9.62. The summed E-state index contributed by atoms with van der Waals surface area (Å²) in [5, 5.41) is 8.51. The molecular formula is C29H25N7O4S. The number of rotatable bonds is 7. The van der Waals surface area contributed by atoms with Crippen molar-refractivity contribution in [3.8, 4) is 18.0 Å². The van der Waals surface area contributed by atoms with Crippen LogP contribution >= 0.6 is 0 Å². The molecule has 0 radical (unpaired) electrons. The van der Waals surface area contributed by atoms with E-state index < -0.39 is 22.2 Å². The zero-order valence-corrected chi connectivity index (χ0v) is 23.0. The molecule has 0 unspecified atom stereocenters. The molecule has 0 spiro atoms. The van der Waals surface area contributed by atoms with Crippen LogP contribution in [0.5, 0.6) is 0 Å². The fourth-order valence-corrected chi connectivity index (χ4v) is 6.01.